The molecular formula is C28H41N3O4. The number of hydrogen-bond acceptors (Lipinski definition) is 6. The fraction of sp³-hybridized carbons (Fsp3) is 0.536. The highest BCUT2D eigenvalue weighted by atomic mass is 16.8. The second-order valence-electron chi connectivity index (χ2n) is 10.2. The van der Waals surface area contributed by atoms with Gasteiger partial charge in [0, 0.05) is 30.8 Å². The van der Waals surface area contributed by atoms with E-state index in [1.807, 2.05) is 37.6 Å². The lowest BCUT2D eigenvalue weighted by Gasteiger charge is -2.22. The second kappa shape index (κ2) is 12.0. The molecule has 0 aliphatic carbocycles. The molecule has 2 aromatic rings. The van der Waals surface area contributed by atoms with E-state index in [9.17, 15) is 4.79 Å². The van der Waals surface area contributed by atoms with Gasteiger partial charge in [0.15, 0.2) is 5.76 Å². The molecule has 2 rings (SSSR count). The van der Waals surface area contributed by atoms with Gasteiger partial charge in [0.05, 0.1) is 12.3 Å². The Morgan fingerprint density at radius 3 is 2.26 bits per heavy atom. The number of carbonyl (C=O) groups excluding carboxylic acids is 1. The minimum Gasteiger partial charge on any atom is -0.452 e. The van der Waals surface area contributed by atoms with E-state index >= 15 is 0 Å². The number of nitrogens with zero attached hydrogens (tertiary/aromatic N) is 2. The maximum absolute atomic E-state index is 12.2. The van der Waals surface area contributed by atoms with Crippen LogP contribution < -0.4 is 0 Å². The van der Waals surface area contributed by atoms with Gasteiger partial charge in [-0.3, -0.25) is 4.68 Å². The first kappa shape index (κ1) is 28.1. The Labute approximate surface area is 210 Å². The lowest BCUT2D eigenvalue weighted by atomic mass is 9.86. The molecule has 0 amide bonds. The molecule has 0 fully saturated rings. The number of aromatic nitrogens is 2. The SMILES string of the molecule is CCn1nc(C)c(C)c1/C(OC(C)OC(=O)OCCC(C)C)=C(\C=N)c1ccc(C(C)(C)C)cc1. The summed E-state index contributed by atoms with van der Waals surface area (Å²) in [6.45, 7) is 19.1. The average molecular weight is 484 g/mol. The smallest absolute Gasteiger partial charge is 0.452 e. The highest BCUT2D eigenvalue weighted by Crippen LogP contribution is 2.32. The molecule has 1 aromatic carbocycles. The molecule has 0 bridgehead atoms. The quantitative estimate of drug-likeness (QED) is 0.172. The van der Waals surface area contributed by atoms with Crippen molar-refractivity contribution in [2.75, 3.05) is 6.61 Å². The number of aryl methyl sites for hydroxylation is 2. The summed E-state index contributed by atoms with van der Waals surface area (Å²) in [6.07, 6.45) is 0.323. The first-order chi connectivity index (χ1) is 16.4. The van der Waals surface area contributed by atoms with E-state index in [0.717, 1.165) is 28.9 Å². The topological polar surface area (TPSA) is 86.4 Å². The van der Waals surface area contributed by atoms with Crippen molar-refractivity contribution in [1.82, 2.24) is 9.78 Å². The predicted molar refractivity (Wildman–Crippen MR) is 141 cm³/mol. The van der Waals surface area contributed by atoms with Crippen LogP contribution in [-0.2, 0) is 26.2 Å². The molecule has 0 saturated heterocycles. The number of rotatable bonds is 10. The van der Waals surface area contributed by atoms with Crippen LogP contribution in [0.4, 0.5) is 4.79 Å². The third-order valence-electron chi connectivity index (χ3n) is 5.85. The van der Waals surface area contributed by atoms with Crippen LogP contribution in [0.1, 0.15) is 83.0 Å². The van der Waals surface area contributed by atoms with E-state index in [-0.39, 0.29) is 5.41 Å². The van der Waals surface area contributed by atoms with Crippen LogP contribution in [0.2, 0.25) is 0 Å². The van der Waals surface area contributed by atoms with E-state index < -0.39 is 12.4 Å². The van der Waals surface area contributed by atoms with Crippen LogP contribution in [-0.4, -0.2) is 35.0 Å². The third kappa shape index (κ3) is 7.44. The maximum Gasteiger partial charge on any atom is 0.511 e. The van der Waals surface area contributed by atoms with Crippen molar-refractivity contribution in [2.45, 2.75) is 87.0 Å². The van der Waals surface area contributed by atoms with Crippen LogP contribution in [0.3, 0.4) is 0 Å². The second-order valence-corrected chi connectivity index (χ2v) is 10.2. The van der Waals surface area contributed by atoms with Gasteiger partial charge in [0.25, 0.3) is 0 Å². The van der Waals surface area contributed by atoms with E-state index in [0.29, 0.717) is 30.4 Å². The molecule has 7 heteroatoms. The standard InChI is InChI=1S/C28H41N3O4/c1-10-31-25(19(4)20(5)30-31)26(34-21(6)35-27(32)33-16-15-18(2)3)24(17-29)22-11-13-23(14-12-22)28(7,8)9/h11-14,17-18,21,29H,10,15-16H2,1-9H3/b26-24-,29-17?. The Kier molecular flexibility index (Phi) is 9.69. The Hall–Kier alpha value is -3.09. The van der Waals surface area contributed by atoms with Gasteiger partial charge in [-0.15, -0.1) is 0 Å². The summed E-state index contributed by atoms with van der Waals surface area (Å²) in [4.78, 5) is 12.2. The Morgan fingerprint density at radius 1 is 1.11 bits per heavy atom. The van der Waals surface area contributed by atoms with E-state index in [2.05, 4.69) is 51.9 Å². The van der Waals surface area contributed by atoms with Gasteiger partial charge < -0.3 is 19.6 Å². The lowest BCUT2D eigenvalue weighted by molar-refractivity contribution is -0.0676. The van der Waals surface area contributed by atoms with Crippen LogP contribution >= 0.6 is 0 Å². The number of ether oxygens (including phenoxy) is 3. The van der Waals surface area contributed by atoms with Crippen molar-refractivity contribution >= 4 is 23.7 Å². The molecule has 1 unspecified atom stereocenters. The Bertz CT molecular complexity index is 1040. The number of hydrogen-bond donors (Lipinski definition) is 1. The van der Waals surface area contributed by atoms with Gasteiger partial charge in [-0.1, -0.05) is 58.9 Å². The number of nitrogens with one attached hydrogen (secondary N) is 1. The molecule has 35 heavy (non-hydrogen) atoms. The molecule has 1 N–H and O–H groups in total. The number of allylic oxidation sites excluding steroid dienone is 1. The highest BCUT2D eigenvalue weighted by molar-refractivity contribution is 6.17. The highest BCUT2D eigenvalue weighted by Gasteiger charge is 2.24. The molecule has 1 aromatic heterocycles. The van der Waals surface area contributed by atoms with Crippen molar-refractivity contribution in [3.8, 4) is 0 Å². The fourth-order valence-electron chi connectivity index (χ4n) is 3.60. The molecule has 1 heterocycles. The van der Waals surface area contributed by atoms with Gasteiger partial charge in [-0.2, -0.15) is 5.10 Å². The molecule has 192 valence electrons. The number of benzene rings is 1. The van der Waals surface area contributed by atoms with E-state index in [1.165, 1.54) is 11.8 Å². The molecule has 0 saturated carbocycles. The summed E-state index contributed by atoms with van der Waals surface area (Å²) in [5.41, 5.74) is 5.18. The first-order valence-corrected chi connectivity index (χ1v) is 12.3. The zero-order chi connectivity index (χ0) is 26.3. The van der Waals surface area contributed by atoms with E-state index in [4.69, 9.17) is 19.6 Å². The first-order valence-electron chi connectivity index (χ1n) is 12.3. The summed E-state index contributed by atoms with van der Waals surface area (Å²) in [5.74, 6) is 0.859. The summed E-state index contributed by atoms with van der Waals surface area (Å²) >= 11 is 0. The summed E-state index contributed by atoms with van der Waals surface area (Å²) in [7, 11) is 0. The molecule has 0 radical (unpaired) electrons. The van der Waals surface area contributed by atoms with E-state index in [1.54, 1.807) is 6.92 Å². The van der Waals surface area contributed by atoms with Crippen LogP contribution in [0.25, 0.3) is 11.3 Å². The van der Waals surface area contributed by atoms with Crippen LogP contribution in [0, 0.1) is 25.2 Å². The minimum atomic E-state index is -0.930. The van der Waals surface area contributed by atoms with Crippen LogP contribution in [0.5, 0.6) is 0 Å². The average Bonchev–Trinajstić information content (AvgIpc) is 3.06. The van der Waals surface area contributed by atoms with Gasteiger partial charge in [-0.05, 0) is 49.7 Å². The summed E-state index contributed by atoms with van der Waals surface area (Å²) < 4.78 is 18.6. The molecule has 0 spiro atoms. The van der Waals surface area contributed by atoms with Crippen molar-refractivity contribution in [3.05, 3.63) is 52.3 Å². The van der Waals surface area contributed by atoms with Crippen LogP contribution in [0.15, 0.2) is 24.3 Å². The van der Waals surface area contributed by atoms with Gasteiger partial charge in [0.2, 0.25) is 6.29 Å². The van der Waals surface area contributed by atoms with Crippen molar-refractivity contribution in [3.63, 3.8) is 0 Å². The normalized spacial score (nSPS) is 13.3. The monoisotopic (exact) mass is 483 g/mol. The zero-order valence-corrected chi connectivity index (χ0v) is 22.7. The Balaban J connectivity index is 2.49. The molecule has 0 aliphatic rings. The van der Waals surface area contributed by atoms with Crippen molar-refractivity contribution < 1.29 is 19.0 Å². The molecule has 1 atom stereocenters. The maximum atomic E-state index is 12.2. The fourth-order valence-corrected chi connectivity index (χ4v) is 3.60. The molecule has 7 nitrogen and oxygen atoms in total. The zero-order valence-electron chi connectivity index (χ0n) is 22.7. The van der Waals surface area contributed by atoms with Gasteiger partial charge in [0.1, 0.15) is 5.69 Å². The molecular weight excluding hydrogens is 442 g/mol. The molecule has 0 aliphatic heterocycles. The summed E-state index contributed by atoms with van der Waals surface area (Å²) in [6, 6.07) is 8.12. The number of carbonyl (C=O) groups is 1. The minimum absolute atomic E-state index is 0.0131. The van der Waals surface area contributed by atoms with Crippen molar-refractivity contribution in [2.24, 2.45) is 5.92 Å². The van der Waals surface area contributed by atoms with Gasteiger partial charge >= 0.3 is 6.16 Å². The van der Waals surface area contributed by atoms with Crippen molar-refractivity contribution in [1.29, 1.82) is 5.41 Å². The lowest BCUT2D eigenvalue weighted by Crippen LogP contribution is -2.21. The Morgan fingerprint density at radius 2 is 1.74 bits per heavy atom. The largest absolute Gasteiger partial charge is 0.511 e. The third-order valence-corrected chi connectivity index (χ3v) is 5.85. The summed E-state index contributed by atoms with van der Waals surface area (Å²) in [5, 5.41) is 12.9. The predicted octanol–water partition coefficient (Wildman–Crippen LogP) is 6.90. The van der Waals surface area contributed by atoms with Gasteiger partial charge in [-0.25, -0.2) is 4.79 Å².